The number of thiazole rings is 1. The molecule has 2 rings (SSSR count). The molecule has 0 aliphatic rings. The molecule has 0 spiro atoms. The summed E-state index contributed by atoms with van der Waals surface area (Å²) in [5.74, 6) is -0.277. The van der Waals surface area contributed by atoms with Gasteiger partial charge in [-0.25, -0.2) is 9.37 Å². The number of nitrogens with zero attached hydrogens (tertiary/aromatic N) is 1. The van der Waals surface area contributed by atoms with Gasteiger partial charge in [0.05, 0.1) is 17.4 Å². The van der Waals surface area contributed by atoms with Crippen molar-refractivity contribution in [2.24, 2.45) is 0 Å². The summed E-state index contributed by atoms with van der Waals surface area (Å²) >= 11 is 1.60. The molecule has 0 radical (unpaired) electrons. The van der Waals surface area contributed by atoms with E-state index in [4.69, 9.17) is 5.73 Å². The fourth-order valence-corrected chi connectivity index (χ4v) is 2.53. The van der Waals surface area contributed by atoms with Crippen LogP contribution in [0.3, 0.4) is 0 Å². The van der Waals surface area contributed by atoms with E-state index in [1.165, 1.54) is 6.07 Å². The minimum Gasteiger partial charge on any atom is -0.397 e. The van der Waals surface area contributed by atoms with Crippen LogP contribution >= 0.6 is 11.3 Å². The Morgan fingerprint density at radius 3 is 2.89 bits per heavy atom. The van der Waals surface area contributed by atoms with Crippen molar-refractivity contribution in [3.63, 3.8) is 0 Å². The fraction of sp³-hybridized carbons (Fsp3) is 0.308. The van der Waals surface area contributed by atoms with Crippen molar-refractivity contribution >= 4 is 22.7 Å². The Balaban J connectivity index is 2.25. The van der Waals surface area contributed by atoms with Crippen molar-refractivity contribution < 1.29 is 4.39 Å². The summed E-state index contributed by atoms with van der Waals surface area (Å²) in [6, 6.07) is 3.20. The van der Waals surface area contributed by atoms with Crippen LogP contribution in [0.5, 0.6) is 0 Å². The largest absolute Gasteiger partial charge is 0.397 e. The highest BCUT2D eigenvalue weighted by atomic mass is 32.1. The number of hydrogen-bond donors (Lipinski definition) is 2. The van der Waals surface area contributed by atoms with Crippen molar-refractivity contribution in [2.45, 2.75) is 26.3 Å². The zero-order chi connectivity index (χ0) is 13.1. The lowest BCUT2D eigenvalue weighted by Crippen LogP contribution is -2.11. The van der Waals surface area contributed by atoms with Gasteiger partial charge in [-0.3, -0.25) is 0 Å². The molecule has 2 aromatic rings. The van der Waals surface area contributed by atoms with E-state index in [0.717, 1.165) is 17.1 Å². The van der Waals surface area contributed by atoms with Gasteiger partial charge in [0.1, 0.15) is 10.8 Å². The Morgan fingerprint density at radius 1 is 1.50 bits per heavy atom. The molecule has 0 aliphatic carbocycles. The predicted octanol–water partition coefficient (Wildman–Crippen LogP) is 3.74. The van der Waals surface area contributed by atoms with Crippen molar-refractivity contribution in [2.75, 3.05) is 11.1 Å². The molecular weight excluding hydrogens is 249 g/mol. The summed E-state index contributed by atoms with van der Waals surface area (Å²) in [4.78, 5) is 4.29. The molecular formula is C13H16FN3S. The molecule has 1 heterocycles. The van der Waals surface area contributed by atoms with Gasteiger partial charge in [-0.05, 0) is 31.0 Å². The van der Waals surface area contributed by atoms with Gasteiger partial charge in [0.15, 0.2) is 0 Å². The Bertz CT molecular complexity index is 525. The lowest BCUT2D eigenvalue weighted by atomic mass is 10.1. The van der Waals surface area contributed by atoms with Crippen LogP contribution in [0, 0.1) is 12.7 Å². The molecule has 1 aromatic carbocycles. The number of halogens is 1. The Labute approximate surface area is 110 Å². The number of aromatic nitrogens is 1. The highest BCUT2D eigenvalue weighted by Crippen LogP contribution is 2.29. The van der Waals surface area contributed by atoms with Crippen molar-refractivity contribution in [1.29, 1.82) is 0 Å². The van der Waals surface area contributed by atoms with Gasteiger partial charge in [0, 0.05) is 11.6 Å². The zero-order valence-electron chi connectivity index (χ0n) is 10.4. The third-order valence-corrected chi connectivity index (χ3v) is 3.71. The summed E-state index contributed by atoms with van der Waals surface area (Å²) in [7, 11) is 0. The molecule has 3 N–H and O–H groups in total. The quantitative estimate of drug-likeness (QED) is 0.828. The van der Waals surface area contributed by atoms with Crippen LogP contribution in [0.4, 0.5) is 15.8 Å². The van der Waals surface area contributed by atoms with Crippen LogP contribution in [-0.2, 0) is 0 Å². The van der Waals surface area contributed by atoms with E-state index in [2.05, 4.69) is 17.2 Å². The zero-order valence-corrected chi connectivity index (χ0v) is 11.2. The van der Waals surface area contributed by atoms with Crippen LogP contribution in [0.2, 0.25) is 0 Å². The summed E-state index contributed by atoms with van der Waals surface area (Å²) in [6.45, 7) is 3.80. The first kappa shape index (κ1) is 12.8. The highest BCUT2D eigenvalue weighted by molar-refractivity contribution is 7.09. The third-order valence-electron chi connectivity index (χ3n) is 2.82. The fourth-order valence-electron chi connectivity index (χ4n) is 1.75. The second kappa shape index (κ2) is 5.35. The first-order chi connectivity index (χ1) is 8.61. The lowest BCUT2D eigenvalue weighted by molar-refractivity contribution is 0.619. The standard InChI is InChI=1S/C13H16FN3S/c1-3-11(13-16-4-5-18-13)17-12-6-8(2)9(14)7-10(12)15/h4-7,11,17H,3,15H2,1-2H3. The lowest BCUT2D eigenvalue weighted by Gasteiger charge is -2.18. The first-order valence-corrected chi connectivity index (χ1v) is 6.71. The summed E-state index contributed by atoms with van der Waals surface area (Å²) in [5.41, 5.74) is 7.60. The van der Waals surface area contributed by atoms with Crippen LogP contribution in [0.25, 0.3) is 0 Å². The number of anilines is 2. The van der Waals surface area contributed by atoms with E-state index in [-0.39, 0.29) is 11.9 Å². The summed E-state index contributed by atoms with van der Waals surface area (Å²) in [5, 5.41) is 6.28. The maximum atomic E-state index is 13.3. The Morgan fingerprint density at radius 2 is 2.28 bits per heavy atom. The molecule has 96 valence electrons. The van der Waals surface area contributed by atoms with E-state index < -0.39 is 0 Å². The predicted molar refractivity (Wildman–Crippen MR) is 74.3 cm³/mol. The van der Waals surface area contributed by atoms with Crippen LogP contribution in [0.15, 0.2) is 23.7 Å². The number of nitrogens with one attached hydrogen (secondary N) is 1. The molecule has 1 atom stereocenters. The van der Waals surface area contributed by atoms with Crippen molar-refractivity contribution in [1.82, 2.24) is 4.98 Å². The molecule has 0 saturated heterocycles. The molecule has 0 aliphatic heterocycles. The third kappa shape index (κ3) is 2.61. The SMILES string of the molecule is CCC(Nc1cc(C)c(F)cc1N)c1nccs1. The maximum Gasteiger partial charge on any atom is 0.128 e. The second-order valence-electron chi connectivity index (χ2n) is 4.16. The van der Waals surface area contributed by atoms with Gasteiger partial charge in [0.25, 0.3) is 0 Å². The highest BCUT2D eigenvalue weighted by Gasteiger charge is 2.14. The van der Waals surface area contributed by atoms with Gasteiger partial charge in [0.2, 0.25) is 0 Å². The minimum absolute atomic E-state index is 0.108. The average Bonchev–Trinajstić information content (AvgIpc) is 2.85. The average molecular weight is 265 g/mol. The number of nitrogen functional groups attached to an aromatic ring is 1. The molecule has 0 fully saturated rings. The van der Waals surface area contributed by atoms with Gasteiger partial charge in [-0.15, -0.1) is 11.3 Å². The summed E-state index contributed by atoms with van der Waals surface area (Å²) < 4.78 is 13.3. The molecule has 0 bridgehead atoms. The normalized spacial score (nSPS) is 12.4. The van der Waals surface area contributed by atoms with Crippen LogP contribution < -0.4 is 11.1 Å². The first-order valence-electron chi connectivity index (χ1n) is 5.83. The minimum atomic E-state index is -0.277. The summed E-state index contributed by atoms with van der Waals surface area (Å²) in [6.07, 6.45) is 2.67. The molecule has 5 heteroatoms. The molecule has 18 heavy (non-hydrogen) atoms. The van der Waals surface area contributed by atoms with Gasteiger partial charge < -0.3 is 11.1 Å². The maximum absolute atomic E-state index is 13.3. The molecule has 3 nitrogen and oxygen atoms in total. The number of rotatable bonds is 4. The number of hydrogen-bond acceptors (Lipinski definition) is 4. The van der Waals surface area contributed by atoms with E-state index in [9.17, 15) is 4.39 Å². The van der Waals surface area contributed by atoms with E-state index in [0.29, 0.717) is 11.3 Å². The number of benzene rings is 1. The number of aryl methyl sites for hydroxylation is 1. The monoisotopic (exact) mass is 265 g/mol. The van der Waals surface area contributed by atoms with Gasteiger partial charge in [-0.2, -0.15) is 0 Å². The topological polar surface area (TPSA) is 50.9 Å². The van der Waals surface area contributed by atoms with Crippen molar-refractivity contribution in [3.05, 3.63) is 40.1 Å². The number of nitrogens with two attached hydrogens (primary N) is 1. The molecule has 1 aromatic heterocycles. The van der Waals surface area contributed by atoms with Gasteiger partial charge >= 0.3 is 0 Å². The van der Waals surface area contributed by atoms with E-state index >= 15 is 0 Å². The van der Waals surface area contributed by atoms with E-state index in [1.807, 2.05) is 5.38 Å². The van der Waals surface area contributed by atoms with Crippen LogP contribution in [0.1, 0.15) is 30.0 Å². The molecule has 0 saturated carbocycles. The van der Waals surface area contributed by atoms with Gasteiger partial charge in [-0.1, -0.05) is 6.92 Å². The Kier molecular flexibility index (Phi) is 3.81. The van der Waals surface area contributed by atoms with Crippen LogP contribution in [-0.4, -0.2) is 4.98 Å². The second-order valence-corrected chi connectivity index (χ2v) is 5.09. The molecule has 1 unspecified atom stereocenters. The van der Waals surface area contributed by atoms with E-state index in [1.54, 1.807) is 30.5 Å². The molecule has 0 amide bonds. The van der Waals surface area contributed by atoms with Crippen molar-refractivity contribution in [3.8, 4) is 0 Å². The smallest absolute Gasteiger partial charge is 0.128 e. The Hall–Kier alpha value is -1.62.